The maximum Gasteiger partial charge on any atom is 0.0351 e. The lowest BCUT2D eigenvalue weighted by Gasteiger charge is -2.12. The highest BCUT2D eigenvalue weighted by Crippen LogP contribution is 2.29. The zero-order valence-electron chi connectivity index (χ0n) is 11.2. The maximum atomic E-state index is 4.05. The highest BCUT2D eigenvalue weighted by atomic mass is 32.1. The van der Waals surface area contributed by atoms with E-state index in [0.717, 1.165) is 6.54 Å². The van der Waals surface area contributed by atoms with E-state index in [1.807, 2.05) is 23.7 Å². The molecule has 0 aliphatic carbocycles. The van der Waals surface area contributed by atoms with Crippen molar-refractivity contribution in [3.05, 3.63) is 63.9 Å². The van der Waals surface area contributed by atoms with Crippen LogP contribution in [0.25, 0.3) is 10.4 Å². The van der Waals surface area contributed by atoms with Crippen LogP contribution in [0, 0.1) is 0 Å². The normalized spacial score (nSPS) is 12.4. The van der Waals surface area contributed by atoms with E-state index in [9.17, 15) is 0 Å². The van der Waals surface area contributed by atoms with E-state index < -0.39 is 0 Å². The topological polar surface area (TPSA) is 24.9 Å². The van der Waals surface area contributed by atoms with E-state index in [0.29, 0.717) is 6.04 Å². The van der Waals surface area contributed by atoms with Crippen LogP contribution in [-0.4, -0.2) is 4.98 Å². The smallest absolute Gasteiger partial charge is 0.0351 e. The van der Waals surface area contributed by atoms with Crippen molar-refractivity contribution in [3.63, 3.8) is 0 Å². The summed E-state index contributed by atoms with van der Waals surface area (Å²) in [6, 6.07) is 11.0. The minimum Gasteiger partial charge on any atom is -0.305 e. The molecule has 1 atom stereocenters. The highest BCUT2D eigenvalue weighted by molar-refractivity contribution is 7.14. The lowest BCUT2D eigenvalue weighted by Crippen LogP contribution is -2.17. The molecule has 3 rings (SSSR count). The van der Waals surface area contributed by atoms with Crippen LogP contribution in [0.3, 0.4) is 0 Å². The average Bonchev–Trinajstić information content (AvgIpc) is 3.16. The van der Waals surface area contributed by atoms with Gasteiger partial charge in [0.25, 0.3) is 0 Å². The lowest BCUT2D eigenvalue weighted by molar-refractivity contribution is 0.578. The van der Waals surface area contributed by atoms with Gasteiger partial charge in [0, 0.05) is 40.3 Å². The van der Waals surface area contributed by atoms with Gasteiger partial charge >= 0.3 is 0 Å². The van der Waals surface area contributed by atoms with Crippen LogP contribution in [-0.2, 0) is 6.54 Å². The molecule has 3 aromatic rings. The number of rotatable bonds is 5. The molecule has 0 saturated carbocycles. The Morgan fingerprint density at radius 3 is 2.80 bits per heavy atom. The Balaban J connectivity index is 1.62. The fourth-order valence-corrected chi connectivity index (χ4v) is 3.69. The average molecular weight is 300 g/mol. The molecule has 0 bridgehead atoms. The van der Waals surface area contributed by atoms with Crippen LogP contribution < -0.4 is 5.32 Å². The highest BCUT2D eigenvalue weighted by Gasteiger charge is 2.07. The van der Waals surface area contributed by atoms with Crippen LogP contribution in [0.1, 0.15) is 23.4 Å². The summed E-state index contributed by atoms with van der Waals surface area (Å²) in [7, 11) is 0. The minimum absolute atomic E-state index is 0.338. The molecule has 20 heavy (non-hydrogen) atoms. The first-order valence-corrected chi connectivity index (χ1v) is 8.33. The molecule has 0 aromatic carbocycles. The number of nitrogens with zero attached hydrogens (tertiary/aromatic N) is 1. The van der Waals surface area contributed by atoms with Crippen LogP contribution in [0.5, 0.6) is 0 Å². The van der Waals surface area contributed by atoms with E-state index >= 15 is 0 Å². The molecule has 3 aromatic heterocycles. The second-order valence-corrected chi connectivity index (χ2v) is 6.61. The first-order valence-electron chi connectivity index (χ1n) is 6.57. The van der Waals surface area contributed by atoms with Gasteiger partial charge in [-0.1, -0.05) is 6.07 Å². The molecule has 4 heteroatoms. The third kappa shape index (κ3) is 3.15. The molecule has 0 aliphatic heterocycles. The summed E-state index contributed by atoms with van der Waals surface area (Å²) < 4.78 is 0. The van der Waals surface area contributed by atoms with Crippen molar-refractivity contribution < 1.29 is 0 Å². The first kappa shape index (κ1) is 13.5. The third-order valence-electron chi connectivity index (χ3n) is 3.25. The minimum atomic E-state index is 0.338. The van der Waals surface area contributed by atoms with Gasteiger partial charge in [-0.2, -0.15) is 0 Å². The number of aromatic nitrogens is 1. The van der Waals surface area contributed by atoms with Crippen LogP contribution in [0.2, 0.25) is 0 Å². The number of hydrogen-bond acceptors (Lipinski definition) is 4. The fourth-order valence-electron chi connectivity index (χ4n) is 2.07. The van der Waals surface area contributed by atoms with E-state index in [-0.39, 0.29) is 0 Å². The van der Waals surface area contributed by atoms with E-state index in [2.05, 4.69) is 58.3 Å². The van der Waals surface area contributed by atoms with E-state index in [1.54, 1.807) is 11.3 Å². The van der Waals surface area contributed by atoms with Gasteiger partial charge in [-0.25, -0.2) is 0 Å². The van der Waals surface area contributed by atoms with Gasteiger partial charge < -0.3 is 5.32 Å². The van der Waals surface area contributed by atoms with Crippen molar-refractivity contribution >= 4 is 22.7 Å². The molecule has 0 aliphatic rings. The largest absolute Gasteiger partial charge is 0.305 e. The van der Waals surface area contributed by atoms with Crippen molar-refractivity contribution in [2.75, 3.05) is 0 Å². The molecular weight excluding hydrogens is 284 g/mol. The zero-order chi connectivity index (χ0) is 13.8. The molecule has 0 amide bonds. The molecule has 3 heterocycles. The Bertz CT molecular complexity index is 644. The van der Waals surface area contributed by atoms with Gasteiger partial charge in [0.15, 0.2) is 0 Å². The molecule has 102 valence electrons. The summed E-state index contributed by atoms with van der Waals surface area (Å²) in [5.74, 6) is 0. The van der Waals surface area contributed by atoms with Gasteiger partial charge in [0.05, 0.1) is 0 Å². The van der Waals surface area contributed by atoms with Gasteiger partial charge in [-0.3, -0.25) is 4.98 Å². The standard InChI is InChI=1S/C16H16N2S2/c1-12(13-4-6-17-7-5-13)18-10-15-9-14(11-20-15)16-3-2-8-19-16/h2-9,11-12,18H,10H2,1H3/t12-/m0/s1. The molecule has 0 unspecified atom stereocenters. The summed E-state index contributed by atoms with van der Waals surface area (Å²) in [5.41, 5.74) is 2.61. The Labute approximate surface area is 127 Å². The number of hydrogen-bond donors (Lipinski definition) is 1. The molecule has 0 radical (unpaired) electrons. The summed E-state index contributed by atoms with van der Waals surface area (Å²) in [6.45, 7) is 3.09. The van der Waals surface area contributed by atoms with Gasteiger partial charge in [-0.05, 0) is 47.5 Å². The van der Waals surface area contributed by atoms with E-state index in [4.69, 9.17) is 0 Å². The second kappa shape index (κ2) is 6.31. The number of thiophene rings is 2. The predicted molar refractivity (Wildman–Crippen MR) is 87.1 cm³/mol. The van der Waals surface area contributed by atoms with Crippen molar-refractivity contribution in [2.45, 2.75) is 19.5 Å². The fraction of sp³-hybridized carbons (Fsp3) is 0.188. The quantitative estimate of drug-likeness (QED) is 0.737. The number of pyridine rings is 1. The molecule has 0 saturated heterocycles. The maximum absolute atomic E-state index is 4.05. The SMILES string of the molecule is C[C@H](NCc1cc(-c2cccs2)cs1)c1ccncc1. The monoisotopic (exact) mass is 300 g/mol. The Kier molecular flexibility index (Phi) is 4.25. The van der Waals surface area contributed by atoms with Crippen molar-refractivity contribution in [1.29, 1.82) is 0 Å². The molecule has 1 N–H and O–H groups in total. The van der Waals surface area contributed by atoms with Crippen molar-refractivity contribution in [1.82, 2.24) is 10.3 Å². The van der Waals surface area contributed by atoms with Crippen molar-refractivity contribution in [2.24, 2.45) is 0 Å². The molecule has 2 nitrogen and oxygen atoms in total. The molecule has 0 spiro atoms. The van der Waals surface area contributed by atoms with E-state index in [1.165, 1.54) is 20.9 Å². The zero-order valence-corrected chi connectivity index (χ0v) is 12.9. The summed E-state index contributed by atoms with van der Waals surface area (Å²) >= 11 is 3.61. The Morgan fingerprint density at radius 1 is 1.20 bits per heavy atom. The predicted octanol–water partition coefficient (Wildman–Crippen LogP) is 4.72. The van der Waals surface area contributed by atoms with Crippen molar-refractivity contribution in [3.8, 4) is 10.4 Å². The first-order chi connectivity index (χ1) is 9.83. The van der Waals surface area contributed by atoms with Gasteiger partial charge in [0.2, 0.25) is 0 Å². The van der Waals surface area contributed by atoms with Crippen LogP contribution >= 0.6 is 22.7 Å². The molecular formula is C16H16N2S2. The third-order valence-corrected chi connectivity index (χ3v) is 5.10. The lowest BCUT2D eigenvalue weighted by atomic mass is 10.1. The van der Waals surface area contributed by atoms with Gasteiger partial charge in [-0.15, -0.1) is 22.7 Å². The molecule has 0 fully saturated rings. The van der Waals surface area contributed by atoms with Gasteiger partial charge in [0.1, 0.15) is 0 Å². The number of nitrogens with one attached hydrogen (secondary N) is 1. The summed E-state index contributed by atoms with van der Waals surface area (Å²) in [5, 5.41) is 7.92. The van der Waals surface area contributed by atoms with Crippen LogP contribution in [0.15, 0.2) is 53.5 Å². The Morgan fingerprint density at radius 2 is 2.05 bits per heavy atom. The second-order valence-electron chi connectivity index (χ2n) is 4.66. The Hall–Kier alpha value is -1.49. The summed E-state index contributed by atoms with van der Waals surface area (Å²) in [6.07, 6.45) is 3.68. The van der Waals surface area contributed by atoms with Crippen LogP contribution in [0.4, 0.5) is 0 Å². The summed E-state index contributed by atoms with van der Waals surface area (Å²) in [4.78, 5) is 6.77.